The summed E-state index contributed by atoms with van der Waals surface area (Å²) < 4.78 is 2.31. The molecule has 0 unspecified atom stereocenters. The van der Waals surface area contributed by atoms with Gasteiger partial charge in [-0.15, -0.1) is 0 Å². The maximum absolute atomic E-state index is 5.81. The van der Waals surface area contributed by atoms with E-state index in [2.05, 4.69) is 41.4 Å². The number of aromatic nitrogens is 2. The molecule has 1 heterocycles. The molecule has 18 heavy (non-hydrogen) atoms. The molecule has 1 aromatic heterocycles. The molecule has 0 bridgehead atoms. The minimum Gasteiger partial charge on any atom is -0.399 e. The van der Waals surface area contributed by atoms with E-state index in [1.165, 1.54) is 5.52 Å². The molecule has 0 fully saturated rings. The summed E-state index contributed by atoms with van der Waals surface area (Å²) in [6.07, 6.45) is 0.949. The van der Waals surface area contributed by atoms with E-state index in [0.29, 0.717) is 0 Å². The molecule has 0 aliphatic rings. The first-order valence-corrected chi connectivity index (χ1v) is 6.58. The molecule has 4 nitrogen and oxygen atoms in total. The van der Waals surface area contributed by atoms with E-state index >= 15 is 0 Å². The Hall–Kier alpha value is -1.55. The van der Waals surface area contributed by atoms with Gasteiger partial charge in [0.15, 0.2) is 0 Å². The number of hydrogen-bond acceptors (Lipinski definition) is 3. The van der Waals surface area contributed by atoms with Gasteiger partial charge in [0.05, 0.1) is 11.0 Å². The summed E-state index contributed by atoms with van der Waals surface area (Å²) in [7, 11) is 2.14. The molecule has 0 aliphatic carbocycles. The fourth-order valence-electron chi connectivity index (χ4n) is 2.14. The largest absolute Gasteiger partial charge is 0.399 e. The lowest BCUT2D eigenvalue weighted by Crippen LogP contribution is -2.23. The minimum absolute atomic E-state index is 0.778. The lowest BCUT2D eigenvalue weighted by molar-refractivity contribution is 0.335. The van der Waals surface area contributed by atoms with Crippen LogP contribution < -0.4 is 5.73 Å². The Kier molecular flexibility index (Phi) is 3.87. The summed E-state index contributed by atoms with van der Waals surface area (Å²) >= 11 is 0. The Balaban J connectivity index is 2.34. The fraction of sp³-hybridized carbons (Fsp3) is 0.500. The lowest BCUT2D eigenvalue weighted by Gasteiger charge is -2.15. The summed E-state index contributed by atoms with van der Waals surface area (Å²) in [6.45, 7) is 7.41. The third-order valence-corrected chi connectivity index (χ3v) is 3.41. The SMILES string of the molecule is CCc1nc2cc(N)ccc2n1CCN(C)CC. The smallest absolute Gasteiger partial charge is 0.109 e. The van der Waals surface area contributed by atoms with Crippen molar-refractivity contribution in [1.82, 2.24) is 14.5 Å². The second-order valence-corrected chi connectivity index (χ2v) is 4.68. The highest BCUT2D eigenvalue weighted by atomic mass is 15.1. The first-order chi connectivity index (χ1) is 8.65. The topological polar surface area (TPSA) is 47.1 Å². The van der Waals surface area contributed by atoms with Gasteiger partial charge in [-0.05, 0) is 31.8 Å². The molecule has 2 rings (SSSR count). The van der Waals surface area contributed by atoms with Crippen molar-refractivity contribution in [1.29, 1.82) is 0 Å². The minimum atomic E-state index is 0.778. The first kappa shape index (κ1) is 12.9. The maximum atomic E-state index is 5.81. The van der Waals surface area contributed by atoms with Crippen LogP contribution in [0.25, 0.3) is 11.0 Å². The van der Waals surface area contributed by atoms with Gasteiger partial charge in [0, 0.05) is 25.2 Å². The average molecular weight is 246 g/mol. The molecule has 0 atom stereocenters. The van der Waals surface area contributed by atoms with Crippen LogP contribution in [0.4, 0.5) is 5.69 Å². The zero-order chi connectivity index (χ0) is 13.1. The van der Waals surface area contributed by atoms with Crippen LogP contribution in [0.5, 0.6) is 0 Å². The van der Waals surface area contributed by atoms with Gasteiger partial charge in [-0.25, -0.2) is 4.98 Å². The van der Waals surface area contributed by atoms with Gasteiger partial charge < -0.3 is 15.2 Å². The Morgan fingerprint density at radius 1 is 1.33 bits per heavy atom. The molecule has 98 valence electrons. The second kappa shape index (κ2) is 5.40. The summed E-state index contributed by atoms with van der Waals surface area (Å²) in [5.41, 5.74) is 8.78. The number of nitrogens with zero attached hydrogens (tertiary/aromatic N) is 3. The number of imidazole rings is 1. The van der Waals surface area contributed by atoms with E-state index in [9.17, 15) is 0 Å². The van der Waals surface area contributed by atoms with Crippen LogP contribution in [0, 0.1) is 0 Å². The van der Waals surface area contributed by atoms with E-state index < -0.39 is 0 Å². The summed E-state index contributed by atoms with van der Waals surface area (Å²) in [5, 5.41) is 0. The van der Waals surface area contributed by atoms with Crippen molar-refractivity contribution in [3.8, 4) is 0 Å². The lowest BCUT2D eigenvalue weighted by atomic mass is 10.3. The third-order valence-electron chi connectivity index (χ3n) is 3.41. The fourth-order valence-corrected chi connectivity index (χ4v) is 2.14. The number of aryl methyl sites for hydroxylation is 1. The molecule has 2 aromatic rings. The Morgan fingerprint density at radius 3 is 2.78 bits per heavy atom. The van der Waals surface area contributed by atoms with Crippen molar-refractivity contribution in [2.75, 3.05) is 25.9 Å². The predicted molar refractivity (Wildman–Crippen MR) is 76.7 cm³/mol. The number of benzene rings is 1. The van der Waals surface area contributed by atoms with Crippen LogP contribution >= 0.6 is 0 Å². The Bertz CT molecular complexity index is 530. The van der Waals surface area contributed by atoms with Gasteiger partial charge in [0.25, 0.3) is 0 Å². The standard InChI is InChI=1S/C14H22N4/c1-4-14-16-12-10-11(15)6-7-13(12)18(14)9-8-17(3)5-2/h6-7,10H,4-5,8-9,15H2,1-3H3. The second-order valence-electron chi connectivity index (χ2n) is 4.68. The van der Waals surface area contributed by atoms with Crippen molar-refractivity contribution in [2.45, 2.75) is 26.8 Å². The van der Waals surface area contributed by atoms with Crippen molar-refractivity contribution in [3.63, 3.8) is 0 Å². The maximum Gasteiger partial charge on any atom is 0.109 e. The van der Waals surface area contributed by atoms with Gasteiger partial charge in [-0.3, -0.25) is 0 Å². The number of likely N-dealkylation sites (N-methyl/N-ethyl adjacent to an activating group) is 1. The van der Waals surface area contributed by atoms with Gasteiger partial charge in [0.1, 0.15) is 5.82 Å². The highest BCUT2D eigenvalue weighted by Crippen LogP contribution is 2.19. The Labute approximate surface area is 108 Å². The number of nitrogens with two attached hydrogens (primary N) is 1. The van der Waals surface area contributed by atoms with Gasteiger partial charge >= 0.3 is 0 Å². The van der Waals surface area contributed by atoms with Crippen molar-refractivity contribution in [2.24, 2.45) is 0 Å². The summed E-state index contributed by atoms with van der Waals surface area (Å²) in [6, 6.07) is 5.97. The number of fused-ring (bicyclic) bond motifs is 1. The highest BCUT2D eigenvalue weighted by molar-refractivity contribution is 5.79. The molecule has 0 aliphatic heterocycles. The van der Waals surface area contributed by atoms with Crippen LogP contribution in [0.3, 0.4) is 0 Å². The highest BCUT2D eigenvalue weighted by Gasteiger charge is 2.09. The van der Waals surface area contributed by atoms with Gasteiger partial charge in [0.2, 0.25) is 0 Å². The van der Waals surface area contributed by atoms with E-state index in [1.807, 2.05) is 12.1 Å². The van der Waals surface area contributed by atoms with Crippen molar-refractivity contribution < 1.29 is 0 Å². The number of hydrogen-bond donors (Lipinski definition) is 1. The molecule has 0 saturated carbocycles. The molecule has 0 radical (unpaired) electrons. The quantitative estimate of drug-likeness (QED) is 0.822. The van der Waals surface area contributed by atoms with Crippen molar-refractivity contribution >= 4 is 16.7 Å². The zero-order valence-electron chi connectivity index (χ0n) is 11.5. The summed E-state index contributed by atoms with van der Waals surface area (Å²) in [5.74, 6) is 1.14. The van der Waals surface area contributed by atoms with Crippen molar-refractivity contribution in [3.05, 3.63) is 24.0 Å². The molecule has 0 amide bonds. The van der Waals surface area contributed by atoms with E-state index in [1.54, 1.807) is 0 Å². The molecule has 4 heteroatoms. The molecular weight excluding hydrogens is 224 g/mol. The molecule has 1 aromatic carbocycles. The zero-order valence-corrected chi connectivity index (χ0v) is 11.5. The number of nitrogen functional groups attached to an aromatic ring is 1. The predicted octanol–water partition coefficient (Wildman–Crippen LogP) is 2.13. The van der Waals surface area contributed by atoms with Gasteiger partial charge in [-0.2, -0.15) is 0 Å². The third kappa shape index (κ3) is 2.48. The van der Waals surface area contributed by atoms with E-state index in [4.69, 9.17) is 5.73 Å². The first-order valence-electron chi connectivity index (χ1n) is 6.58. The van der Waals surface area contributed by atoms with Crippen LogP contribution in [0.2, 0.25) is 0 Å². The monoisotopic (exact) mass is 246 g/mol. The number of anilines is 1. The number of rotatable bonds is 5. The van der Waals surface area contributed by atoms with Gasteiger partial charge in [-0.1, -0.05) is 13.8 Å². The van der Waals surface area contributed by atoms with Crippen LogP contribution in [0.1, 0.15) is 19.7 Å². The van der Waals surface area contributed by atoms with E-state index in [0.717, 1.165) is 43.1 Å². The van der Waals surface area contributed by atoms with Crippen LogP contribution in [-0.4, -0.2) is 34.6 Å². The van der Waals surface area contributed by atoms with Crippen LogP contribution in [-0.2, 0) is 13.0 Å². The summed E-state index contributed by atoms with van der Waals surface area (Å²) in [4.78, 5) is 6.97. The van der Waals surface area contributed by atoms with E-state index in [-0.39, 0.29) is 0 Å². The molecule has 0 saturated heterocycles. The molecule has 0 spiro atoms. The van der Waals surface area contributed by atoms with Crippen LogP contribution in [0.15, 0.2) is 18.2 Å². The normalized spacial score (nSPS) is 11.6. The molecular formula is C14H22N4. The molecule has 2 N–H and O–H groups in total. The Morgan fingerprint density at radius 2 is 2.11 bits per heavy atom. The average Bonchev–Trinajstić information content (AvgIpc) is 2.72.